The van der Waals surface area contributed by atoms with Gasteiger partial charge in [-0.25, -0.2) is 4.79 Å². The molecule has 0 spiro atoms. The number of Topliss-reactive ketones (excluding diaryl/α,β-unsaturated/α-hetero) is 1. The number of carbonyl (C=O) groups is 4. The normalized spacial score (nSPS) is 22.4. The van der Waals surface area contributed by atoms with Crippen molar-refractivity contribution in [2.45, 2.75) is 53.1 Å². The predicted octanol–water partition coefficient (Wildman–Crippen LogP) is 2.19. The van der Waals surface area contributed by atoms with E-state index in [0.29, 0.717) is 18.4 Å². The van der Waals surface area contributed by atoms with Gasteiger partial charge in [-0.1, -0.05) is 12.2 Å². The van der Waals surface area contributed by atoms with Gasteiger partial charge in [-0.05, 0) is 46.6 Å². The maximum Gasteiger partial charge on any atom is 0.329 e. The van der Waals surface area contributed by atoms with Crippen LogP contribution in [0.1, 0.15) is 48.4 Å². The van der Waals surface area contributed by atoms with Gasteiger partial charge in [-0.3, -0.25) is 19.3 Å². The fourth-order valence-electron chi connectivity index (χ4n) is 4.22. The van der Waals surface area contributed by atoms with Gasteiger partial charge >= 0.3 is 5.97 Å². The summed E-state index contributed by atoms with van der Waals surface area (Å²) in [6, 6.07) is 0.741. The highest BCUT2D eigenvalue weighted by Crippen LogP contribution is 2.36. The summed E-state index contributed by atoms with van der Waals surface area (Å²) < 4.78 is 7.17. The van der Waals surface area contributed by atoms with Crippen molar-refractivity contribution in [3.05, 3.63) is 35.2 Å². The van der Waals surface area contributed by atoms with Gasteiger partial charge in [0.2, 0.25) is 17.6 Å². The lowest BCUT2D eigenvalue weighted by molar-refractivity contribution is -0.157. The molecule has 0 aromatic carbocycles. The Hall–Kier alpha value is -2.70. The van der Waals surface area contributed by atoms with Crippen LogP contribution in [0.2, 0.25) is 0 Å². The number of allylic oxidation sites excluding steroid dienone is 2. The van der Waals surface area contributed by atoms with Crippen LogP contribution in [-0.2, 0) is 25.7 Å². The Labute approximate surface area is 164 Å². The fourth-order valence-corrected chi connectivity index (χ4v) is 4.22. The number of ether oxygens (including phenoxy) is 1. The van der Waals surface area contributed by atoms with Crippen LogP contribution >= 0.6 is 0 Å². The van der Waals surface area contributed by atoms with Crippen molar-refractivity contribution in [2.75, 3.05) is 6.61 Å². The highest BCUT2D eigenvalue weighted by atomic mass is 16.5. The first-order valence-corrected chi connectivity index (χ1v) is 9.66. The largest absolute Gasteiger partial charge is 0.456 e. The molecular weight excluding hydrogens is 360 g/mol. The van der Waals surface area contributed by atoms with Gasteiger partial charge in [-0.2, -0.15) is 0 Å². The number of fused-ring (bicyclic) bond motifs is 1. The van der Waals surface area contributed by atoms with E-state index < -0.39 is 30.5 Å². The van der Waals surface area contributed by atoms with Crippen molar-refractivity contribution < 1.29 is 23.9 Å². The minimum absolute atomic E-state index is 0.301. The molecule has 150 valence electrons. The summed E-state index contributed by atoms with van der Waals surface area (Å²) >= 11 is 0. The molecular formula is C21H26N2O5. The average Bonchev–Trinajstić information content (AvgIpc) is 3.12. The molecule has 0 bridgehead atoms. The first-order chi connectivity index (χ1) is 13.3. The number of ketones is 1. The highest BCUT2D eigenvalue weighted by molar-refractivity contribution is 6.08. The molecule has 1 aliphatic carbocycles. The molecule has 2 heterocycles. The monoisotopic (exact) mass is 386 g/mol. The predicted molar refractivity (Wildman–Crippen MR) is 102 cm³/mol. The molecule has 0 unspecified atom stereocenters. The second-order valence-corrected chi connectivity index (χ2v) is 7.44. The summed E-state index contributed by atoms with van der Waals surface area (Å²) in [4.78, 5) is 51.1. The van der Waals surface area contributed by atoms with E-state index in [1.165, 1.54) is 6.92 Å². The zero-order chi connectivity index (χ0) is 20.6. The minimum Gasteiger partial charge on any atom is -0.456 e. The van der Waals surface area contributed by atoms with Gasteiger partial charge in [0.15, 0.2) is 6.61 Å². The van der Waals surface area contributed by atoms with Crippen LogP contribution in [0.3, 0.4) is 0 Å². The van der Waals surface area contributed by atoms with Crippen molar-refractivity contribution >= 4 is 23.6 Å². The summed E-state index contributed by atoms with van der Waals surface area (Å²) in [5.41, 5.74) is 2.31. The molecule has 1 fully saturated rings. The van der Waals surface area contributed by atoms with Gasteiger partial charge in [0, 0.05) is 23.5 Å². The lowest BCUT2D eigenvalue weighted by Crippen LogP contribution is -2.44. The quantitative estimate of drug-likeness (QED) is 0.324. The molecule has 7 nitrogen and oxygen atoms in total. The summed E-state index contributed by atoms with van der Waals surface area (Å²) in [6.07, 6.45) is 4.81. The van der Waals surface area contributed by atoms with Crippen molar-refractivity contribution in [1.82, 2.24) is 9.47 Å². The summed E-state index contributed by atoms with van der Waals surface area (Å²) in [7, 11) is 0. The summed E-state index contributed by atoms with van der Waals surface area (Å²) in [6.45, 7) is 7.56. The number of hydrogen-bond donors (Lipinski definition) is 0. The van der Waals surface area contributed by atoms with E-state index in [1.54, 1.807) is 6.07 Å². The first-order valence-electron chi connectivity index (χ1n) is 9.66. The van der Waals surface area contributed by atoms with Crippen molar-refractivity contribution in [1.29, 1.82) is 0 Å². The first kappa shape index (κ1) is 20.0. The second-order valence-electron chi connectivity index (χ2n) is 7.44. The fraction of sp³-hybridized carbons (Fsp3) is 0.524. The highest BCUT2D eigenvalue weighted by Gasteiger charge is 2.50. The van der Waals surface area contributed by atoms with E-state index in [9.17, 15) is 19.2 Å². The van der Waals surface area contributed by atoms with Crippen LogP contribution in [-0.4, -0.2) is 45.7 Å². The van der Waals surface area contributed by atoms with Gasteiger partial charge in [0.25, 0.3) is 0 Å². The number of aryl methyl sites for hydroxylation is 1. The maximum absolute atomic E-state index is 12.6. The molecule has 1 aromatic rings. The zero-order valence-electron chi connectivity index (χ0n) is 16.7. The number of rotatable bonds is 6. The van der Waals surface area contributed by atoms with Gasteiger partial charge < -0.3 is 9.30 Å². The number of imide groups is 1. The van der Waals surface area contributed by atoms with Gasteiger partial charge in [0.05, 0.1) is 11.8 Å². The molecule has 1 aliphatic heterocycles. The lowest BCUT2D eigenvalue weighted by atomic mass is 9.85. The Bertz CT molecular complexity index is 840. The van der Waals surface area contributed by atoms with E-state index in [2.05, 4.69) is 0 Å². The maximum atomic E-state index is 12.6. The Morgan fingerprint density at radius 1 is 1.14 bits per heavy atom. The molecule has 1 aromatic heterocycles. The lowest BCUT2D eigenvalue weighted by Gasteiger charge is -2.21. The minimum atomic E-state index is -1.04. The van der Waals surface area contributed by atoms with E-state index >= 15 is 0 Å². The third-order valence-corrected chi connectivity index (χ3v) is 5.81. The van der Waals surface area contributed by atoms with Crippen LogP contribution in [0.25, 0.3) is 0 Å². The van der Waals surface area contributed by atoms with Crippen LogP contribution in [0.5, 0.6) is 0 Å². The molecule has 2 aliphatic rings. The molecule has 1 saturated heterocycles. The standard InChI is InChI=1S/C21H26N2O5/c1-5-22-12(2)10-17(13(22)3)18(24)11-28-21(27)14(4)23-19(25)15-8-6-7-9-16(15)20(23)26/h6-7,10,14-16H,5,8-9,11H2,1-4H3/t14-,15+,16+/m0/s1. The van der Waals surface area contributed by atoms with E-state index in [1.807, 2.05) is 37.5 Å². The van der Waals surface area contributed by atoms with Crippen LogP contribution in [0, 0.1) is 25.7 Å². The number of nitrogens with zero attached hydrogens (tertiary/aromatic N) is 2. The Kier molecular flexibility index (Phi) is 5.54. The topological polar surface area (TPSA) is 85.7 Å². The molecule has 0 saturated carbocycles. The van der Waals surface area contributed by atoms with E-state index in [-0.39, 0.29) is 17.6 Å². The molecule has 3 rings (SSSR count). The zero-order valence-corrected chi connectivity index (χ0v) is 16.7. The summed E-state index contributed by atoms with van der Waals surface area (Å²) in [5, 5.41) is 0. The smallest absolute Gasteiger partial charge is 0.329 e. The van der Waals surface area contributed by atoms with E-state index in [4.69, 9.17) is 4.74 Å². The number of likely N-dealkylation sites (tertiary alicyclic amines) is 1. The third kappa shape index (κ3) is 3.30. The van der Waals surface area contributed by atoms with Crippen molar-refractivity contribution in [3.63, 3.8) is 0 Å². The van der Waals surface area contributed by atoms with Gasteiger partial charge in [-0.15, -0.1) is 0 Å². The number of amides is 2. The molecule has 0 radical (unpaired) electrons. The van der Waals surface area contributed by atoms with Gasteiger partial charge in [0.1, 0.15) is 6.04 Å². The third-order valence-electron chi connectivity index (χ3n) is 5.81. The average molecular weight is 386 g/mol. The van der Waals surface area contributed by atoms with Crippen LogP contribution in [0.4, 0.5) is 0 Å². The number of hydrogen-bond acceptors (Lipinski definition) is 5. The Balaban J connectivity index is 1.64. The molecule has 0 N–H and O–H groups in total. The van der Waals surface area contributed by atoms with Crippen molar-refractivity contribution in [3.8, 4) is 0 Å². The van der Waals surface area contributed by atoms with Crippen molar-refractivity contribution in [2.24, 2.45) is 11.8 Å². The Morgan fingerprint density at radius 3 is 2.21 bits per heavy atom. The number of esters is 1. The Morgan fingerprint density at radius 2 is 1.71 bits per heavy atom. The van der Waals surface area contributed by atoms with E-state index in [0.717, 1.165) is 22.8 Å². The van der Waals surface area contributed by atoms with Crippen LogP contribution in [0.15, 0.2) is 18.2 Å². The SMILES string of the molecule is CCn1c(C)cc(C(=O)COC(=O)[C@H](C)N2C(=O)[C@@H]3CC=CC[C@H]3C2=O)c1C. The molecule has 3 atom stereocenters. The number of carbonyl (C=O) groups excluding carboxylic acids is 4. The number of aromatic nitrogens is 1. The molecule has 7 heteroatoms. The summed E-state index contributed by atoms with van der Waals surface area (Å²) in [5.74, 6) is -2.50. The second kappa shape index (κ2) is 7.73. The van der Waals surface area contributed by atoms with Crippen LogP contribution < -0.4 is 0 Å². The molecule has 28 heavy (non-hydrogen) atoms. The molecule has 2 amide bonds.